The maximum atomic E-state index is 12.8. The average molecular weight is 828 g/mol. The van der Waals surface area contributed by atoms with E-state index < -0.39 is 76.0 Å². The molecule has 0 heterocycles. The number of aliphatic hydroxyl groups is 3. The van der Waals surface area contributed by atoms with Gasteiger partial charge in [-0.05, 0) is 57.3 Å². The Morgan fingerprint density at radius 1 is 0.807 bits per heavy atom. The summed E-state index contributed by atoms with van der Waals surface area (Å²) < 4.78 is 32.6. The third-order valence-corrected chi connectivity index (χ3v) is 10.3. The summed E-state index contributed by atoms with van der Waals surface area (Å²) in [5, 5.41) is 40.2. The van der Waals surface area contributed by atoms with Gasteiger partial charge in [-0.2, -0.15) is 0 Å². The first-order valence-corrected chi connectivity index (χ1v) is 22.1. The van der Waals surface area contributed by atoms with E-state index >= 15 is 0 Å². The first-order valence-electron chi connectivity index (χ1n) is 20.6. The second-order valence-electron chi connectivity index (χ2n) is 14.4. The zero-order valence-electron chi connectivity index (χ0n) is 34.0. The topological polar surface area (TPSA) is 232 Å². The number of carboxylic acids is 1. The summed E-state index contributed by atoms with van der Waals surface area (Å²) >= 11 is 0. The molecule has 0 amide bonds. The minimum Gasteiger partial charge on any atom is -0.480 e. The van der Waals surface area contributed by atoms with E-state index in [4.69, 9.17) is 24.8 Å². The van der Waals surface area contributed by atoms with Gasteiger partial charge in [-0.1, -0.05) is 113 Å². The Balaban J connectivity index is 2.61. The molecule has 0 aromatic carbocycles. The van der Waals surface area contributed by atoms with E-state index in [0.717, 1.165) is 70.6 Å². The molecule has 0 bridgehead atoms. The number of aliphatic hydroxyl groups excluding tert-OH is 3. The summed E-state index contributed by atoms with van der Waals surface area (Å²) in [6, 6.07) is -1.58. The van der Waals surface area contributed by atoms with E-state index in [1.54, 1.807) is 18.2 Å². The van der Waals surface area contributed by atoms with Gasteiger partial charge in [0.1, 0.15) is 12.6 Å². The number of hydrogen-bond donors (Lipinski definition) is 6. The number of unbranched alkanes of at least 4 members (excludes halogenated alkanes) is 7. The zero-order valence-corrected chi connectivity index (χ0v) is 34.9. The number of phosphoric ester groups is 1. The van der Waals surface area contributed by atoms with Crippen molar-refractivity contribution in [3.8, 4) is 0 Å². The summed E-state index contributed by atoms with van der Waals surface area (Å²) in [5.41, 5.74) is 5.32. The summed E-state index contributed by atoms with van der Waals surface area (Å²) in [7, 11) is -4.82. The van der Waals surface area contributed by atoms with Gasteiger partial charge < -0.3 is 40.5 Å². The number of esters is 2. The standard InChI is InChI=1S/C42H70NO13P/c1-3-5-7-8-9-10-11-12-13-14-15-16-17-18-20-25-40(47)53-30-34(31-54-57(51,52)55-32-37(43)42(49)50)56-41(48)26-22-21-24-35-36(39(46)29-38(35)45)28-27-33(44)23-19-6-4-2/h5,7,9-10,12-13,21-22,27-28,33-39,44-46H,3-4,6,8,11,14-20,23-26,29-32,43H2,1-2H3,(H,49,50)(H,51,52)/b7-5-,10-9-,13-12-,22-21-,28-27+/t33-,34-,35+,36-,37+,38+,39-/m1/s1. The predicted molar refractivity (Wildman–Crippen MR) is 219 cm³/mol. The molecule has 57 heavy (non-hydrogen) atoms. The van der Waals surface area contributed by atoms with Crippen LogP contribution in [0.1, 0.15) is 123 Å². The van der Waals surface area contributed by atoms with Gasteiger partial charge in [-0.3, -0.25) is 23.4 Å². The van der Waals surface area contributed by atoms with Gasteiger partial charge in [-0.15, -0.1) is 0 Å². The highest BCUT2D eigenvalue weighted by atomic mass is 31.2. The van der Waals surface area contributed by atoms with Crippen LogP contribution in [0.25, 0.3) is 0 Å². The van der Waals surface area contributed by atoms with E-state index in [9.17, 15) is 39.2 Å². The van der Waals surface area contributed by atoms with Crippen LogP contribution in [0, 0.1) is 11.8 Å². The van der Waals surface area contributed by atoms with Gasteiger partial charge in [0.25, 0.3) is 0 Å². The molecule has 1 aliphatic carbocycles. The van der Waals surface area contributed by atoms with Crippen LogP contribution >= 0.6 is 7.82 Å². The number of aliphatic carboxylic acids is 1. The van der Waals surface area contributed by atoms with Crippen LogP contribution in [0.3, 0.4) is 0 Å². The van der Waals surface area contributed by atoms with Crippen molar-refractivity contribution >= 4 is 25.7 Å². The Labute approximate surface area is 339 Å². The molecule has 7 N–H and O–H groups in total. The number of carbonyl (C=O) groups excluding carboxylic acids is 2. The van der Waals surface area contributed by atoms with Crippen LogP contribution in [0.5, 0.6) is 0 Å². The fraction of sp³-hybridized carbons (Fsp3) is 0.690. The molecule has 1 unspecified atom stereocenters. The van der Waals surface area contributed by atoms with Crippen LogP contribution in [0.4, 0.5) is 0 Å². The monoisotopic (exact) mass is 827 g/mol. The van der Waals surface area contributed by atoms with Crippen molar-refractivity contribution in [3.05, 3.63) is 60.8 Å². The number of rotatable bonds is 33. The zero-order chi connectivity index (χ0) is 42.3. The molecule has 1 saturated carbocycles. The largest absolute Gasteiger partial charge is 0.480 e. The molecule has 8 atom stereocenters. The van der Waals surface area contributed by atoms with E-state index in [1.165, 1.54) is 6.08 Å². The van der Waals surface area contributed by atoms with Gasteiger partial charge in [0, 0.05) is 18.8 Å². The van der Waals surface area contributed by atoms with Gasteiger partial charge in [-0.25, -0.2) is 4.57 Å². The lowest BCUT2D eigenvalue weighted by Crippen LogP contribution is -2.34. The van der Waals surface area contributed by atoms with Gasteiger partial charge in [0.2, 0.25) is 0 Å². The molecule has 0 aliphatic heterocycles. The second kappa shape index (κ2) is 32.0. The number of phosphoric acid groups is 1. The molecule has 1 rings (SSSR count). The summed E-state index contributed by atoms with van der Waals surface area (Å²) in [6.45, 7) is 2.20. The highest BCUT2D eigenvalue weighted by molar-refractivity contribution is 7.47. The van der Waals surface area contributed by atoms with Crippen molar-refractivity contribution in [2.24, 2.45) is 17.6 Å². The molecule has 0 aromatic heterocycles. The lowest BCUT2D eigenvalue weighted by Gasteiger charge is -2.20. The normalized spacial score (nSPS) is 21.5. The second-order valence-corrected chi connectivity index (χ2v) is 15.8. The van der Waals surface area contributed by atoms with Gasteiger partial charge >= 0.3 is 25.7 Å². The number of nitrogens with two attached hydrogens (primary N) is 1. The summed E-state index contributed by atoms with van der Waals surface area (Å²) in [4.78, 5) is 46.2. The van der Waals surface area contributed by atoms with Crippen LogP contribution in [-0.4, -0.2) is 93.5 Å². The molecule has 14 nitrogen and oxygen atoms in total. The molecule has 326 valence electrons. The number of ether oxygens (including phenoxy) is 2. The molecule has 15 heteroatoms. The van der Waals surface area contributed by atoms with Crippen LogP contribution < -0.4 is 5.73 Å². The van der Waals surface area contributed by atoms with E-state index in [0.29, 0.717) is 19.3 Å². The minimum atomic E-state index is -4.82. The number of carboxylic acid groups (broad SMARTS) is 1. The predicted octanol–water partition coefficient (Wildman–Crippen LogP) is 6.77. The molecule has 0 saturated heterocycles. The van der Waals surface area contributed by atoms with Crippen LogP contribution in [-0.2, 0) is 37.5 Å². The fourth-order valence-electron chi connectivity index (χ4n) is 6.05. The first-order chi connectivity index (χ1) is 27.3. The molecule has 0 radical (unpaired) electrons. The summed E-state index contributed by atoms with van der Waals surface area (Å²) in [5.74, 6) is -3.47. The molecular formula is C42H70NO13P. The Bertz CT molecular complexity index is 1320. The molecule has 0 spiro atoms. The maximum absolute atomic E-state index is 12.8. The van der Waals surface area contributed by atoms with Crippen molar-refractivity contribution in [1.82, 2.24) is 0 Å². The minimum absolute atomic E-state index is 0.133. The molecule has 1 aliphatic rings. The SMILES string of the molecule is CC/C=C\C/C=C\C/C=C\CCCCCCCC(=O)OC[C@H](COP(=O)(O)OC[C@H](N)C(=O)O)OC(=O)C/C=C\C[C@H]1[C@@H](/C=C/[C@H](O)CCCCC)[C@H](O)C[C@@H]1O. The number of hydrogen-bond acceptors (Lipinski definition) is 12. The number of carbonyl (C=O) groups is 3. The van der Waals surface area contributed by atoms with Gasteiger partial charge in [0.05, 0.1) is 37.9 Å². The van der Waals surface area contributed by atoms with Crippen molar-refractivity contribution < 1.29 is 62.8 Å². The highest BCUT2D eigenvalue weighted by Crippen LogP contribution is 2.43. The van der Waals surface area contributed by atoms with E-state index in [1.807, 2.05) is 0 Å². The smallest absolute Gasteiger partial charge is 0.472 e. The number of allylic oxidation sites excluding steroid dienone is 7. The lowest BCUT2D eigenvalue weighted by atomic mass is 9.89. The molecule has 0 aromatic rings. The van der Waals surface area contributed by atoms with E-state index in [2.05, 4.69) is 54.8 Å². The van der Waals surface area contributed by atoms with Crippen molar-refractivity contribution in [1.29, 1.82) is 0 Å². The Morgan fingerprint density at radius 3 is 2.18 bits per heavy atom. The Kier molecular flexibility index (Phi) is 29.2. The third-order valence-electron chi connectivity index (χ3n) is 9.35. The van der Waals surface area contributed by atoms with E-state index in [-0.39, 0.29) is 31.1 Å². The highest BCUT2D eigenvalue weighted by Gasteiger charge is 2.39. The van der Waals surface area contributed by atoms with Gasteiger partial charge in [0.15, 0.2) is 6.10 Å². The first kappa shape index (κ1) is 52.1. The van der Waals surface area contributed by atoms with Crippen molar-refractivity contribution in [2.45, 2.75) is 153 Å². The third kappa shape index (κ3) is 26.6. The van der Waals surface area contributed by atoms with Crippen LogP contribution in [0.15, 0.2) is 60.8 Å². The molecular weight excluding hydrogens is 757 g/mol. The Hall–Kier alpha value is -2.94. The van der Waals surface area contributed by atoms with Crippen molar-refractivity contribution in [2.75, 3.05) is 19.8 Å². The van der Waals surface area contributed by atoms with Crippen molar-refractivity contribution in [3.63, 3.8) is 0 Å². The molecule has 1 fully saturated rings. The quantitative estimate of drug-likeness (QED) is 0.0174. The average Bonchev–Trinajstić information content (AvgIpc) is 3.44. The lowest BCUT2D eigenvalue weighted by molar-refractivity contribution is -0.160. The fourth-order valence-corrected chi connectivity index (χ4v) is 6.83. The van der Waals surface area contributed by atoms with Crippen LogP contribution in [0.2, 0.25) is 0 Å². The Morgan fingerprint density at radius 2 is 1.47 bits per heavy atom. The maximum Gasteiger partial charge on any atom is 0.472 e. The summed E-state index contributed by atoms with van der Waals surface area (Å²) in [6.07, 6.45) is 28.5.